The van der Waals surface area contributed by atoms with Crippen LogP contribution in [0.1, 0.15) is 10.1 Å². The minimum atomic E-state index is -3.73. The summed E-state index contributed by atoms with van der Waals surface area (Å²) >= 11 is 13.0. The Kier molecular flexibility index (Phi) is 7.18. The number of benzene rings is 2. The van der Waals surface area contributed by atoms with Gasteiger partial charge in [-0.2, -0.15) is 0 Å². The quantitative estimate of drug-likeness (QED) is 0.515. The van der Waals surface area contributed by atoms with Crippen LogP contribution < -0.4 is 10.1 Å². The van der Waals surface area contributed by atoms with Crippen LogP contribution in [0, 0.1) is 0 Å². The molecule has 9 heteroatoms. The number of rotatable bonds is 8. The predicted molar refractivity (Wildman–Crippen MR) is 116 cm³/mol. The predicted octanol–water partition coefficient (Wildman–Crippen LogP) is 4.77. The zero-order valence-corrected chi connectivity index (χ0v) is 18.2. The smallest absolute Gasteiger partial charge is 0.257 e. The Labute approximate surface area is 183 Å². The Balaban J connectivity index is 1.69. The van der Waals surface area contributed by atoms with Crippen molar-refractivity contribution in [3.05, 3.63) is 81.0 Å². The molecule has 1 heterocycles. The fraction of sp³-hybridized carbons (Fsp3) is 0.150. The van der Waals surface area contributed by atoms with Crippen LogP contribution in [0.4, 0.5) is 0 Å². The molecular weight excluding hydrogens is 453 g/mol. The van der Waals surface area contributed by atoms with Crippen molar-refractivity contribution in [2.24, 2.45) is 0 Å². The van der Waals surface area contributed by atoms with Gasteiger partial charge in [-0.15, -0.1) is 11.3 Å². The molecule has 0 bridgehead atoms. The molecule has 0 aliphatic heterocycles. The molecule has 3 rings (SSSR count). The van der Waals surface area contributed by atoms with Gasteiger partial charge in [0.05, 0.1) is 4.90 Å². The number of hydrogen-bond donors (Lipinski definition) is 1. The van der Waals surface area contributed by atoms with Crippen molar-refractivity contribution in [3.8, 4) is 5.75 Å². The van der Waals surface area contributed by atoms with Gasteiger partial charge in [0.25, 0.3) is 5.91 Å². The van der Waals surface area contributed by atoms with E-state index in [1.54, 1.807) is 41.8 Å². The van der Waals surface area contributed by atoms with Crippen LogP contribution in [0.15, 0.2) is 70.9 Å². The third kappa shape index (κ3) is 5.73. The molecule has 3 aromatic rings. The molecule has 2 aromatic carbocycles. The Morgan fingerprint density at radius 3 is 2.21 bits per heavy atom. The Morgan fingerprint density at radius 2 is 1.62 bits per heavy atom. The van der Waals surface area contributed by atoms with Crippen LogP contribution in [0.25, 0.3) is 0 Å². The van der Waals surface area contributed by atoms with E-state index in [1.165, 1.54) is 35.6 Å². The van der Waals surface area contributed by atoms with E-state index in [-0.39, 0.29) is 18.0 Å². The number of carbonyl (C=O) groups excluding carboxylic acids is 1. The first-order valence-corrected chi connectivity index (χ1v) is 11.7. The highest BCUT2D eigenvalue weighted by molar-refractivity contribution is 7.91. The molecule has 5 nitrogen and oxygen atoms in total. The standard InChI is InChI=1S/C20H17Cl2NO4S2/c21-14-3-7-16(8-4-14)27-13-20(24)23-12-19(18-2-1-11-28-18)29(25,26)17-9-5-15(22)6-10-17/h1-11,19H,12-13H2,(H,23,24)/t19-/m0/s1. The van der Waals surface area contributed by atoms with E-state index in [0.29, 0.717) is 20.7 Å². The lowest BCUT2D eigenvalue weighted by Crippen LogP contribution is -2.34. The molecule has 29 heavy (non-hydrogen) atoms. The van der Waals surface area contributed by atoms with Gasteiger partial charge in [0, 0.05) is 21.5 Å². The summed E-state index contributed by atoms with van der Waals surface area (Å²) in [6.07, 6.45) is 0. The van der Waals surface area contributed by atoms with Gasteiger partial charge in [-0.05, 0) is 60.0 Å². The average Bonchev–Trinajstić information content (AvgIpc) is 3.22. The van der Waals surface area contributed by atoms with Crippen molar-refractivity contribution < 1.29 is 17.9 Å². The molecule has 0 fully saturated rings. The van der Waals surface area contributed by atoms with Gasteiger partial charge in [0.15, 0.2) is 16.4 Å². The minimum absolute atomic E-state index is 0.0751. The largest absolute Gasteiger partial charge is 0.484 e. The third-order valence-corrected chi connectivity index (χ3v) is 7.78. The summed E-state index contributed by atoms with van der Waals surface area (Å²) in [6, 6.07) is 16.1. The second-order valence-electron chi connectivity index (χ2n) is 6.05. The van der Waals surface area contributed by atoms with Crippen LogP contribution in [0.3, 0.4) is 0 Å². The first kappa shape index (κ1) is 21.6. The lowest BCUT2D eigenvalue weighted by atomic mass is 10.3. The van der Waals surface area contributed by atoms with Crippen molar-refractivity contribution in [2.45, 2.75) is 10.1 Å². The highest BCUT2D eigenvalue weighted by atomic mass is 35.5. The molecule has 152 valence electrons. The molecule has 0 saturated heterocycles. The average molecular weight is 470 g/mol. The monoisotopic (exact) mass is 469 g/mol. The zero-order chi connectivity index (χ0) is 20.9. The SMILES string of the molecule is O=C(COc1ccc(Cl)cc1)NC[C@@H](c1cccs1)S(=O)(=O)c1ccc(Cl)cc1. The summed E-state index contributed by atoms with van der Waals surface area (Å²) in [6.45, 7) is -0.311. The van der Waals surface area contributed by atoms with Crippen LogP contribution >= 0.6 is 34.5 Å². The number of nitrogens with one attached hydrogen (secondary N) is 1. The fourth-order valence-corrected chi connectivity index (χ4v) is 5.60. The number of carbonyl (C=O) groups is 1. The second kappa shape index (κ2) is 9.63. The molecule has 1 atom stereocenters. The molecular formula is C20H17Cl2NO4S2. The number of hydrogen-bond acceptors (Lipinski definition) is 5. The minimum Gasteiger partial charge on any atom is -0.484 e. The topological polar surface area (TPSA) is 72.5 Å². The van der Waals surface area contributed by atoms with Gasteiger partial charge < -0.3 is 10.1 Å². The Hall–Kier alpha value is -2.06. The molecule has 0 unspecified atom stereocenters. The molecule has 0 radical (unpaired) electrons. The second-order valence-corrected chi connectivity index (χ2v) is 10.0. The molecule has 1 N–H and O–H groups in total. The van der Waals surface area contributed by atoms with Gasteiger partial charge in [-0.25, -0.2) is 8.42 Å². The molecule has 0 aliphatic carbocycles. The van der Waals surface area contributed by atoms with E-state index in [4.69, 9.17) is 27.9 Å². The molecule has 0 spiro atoms. The van der Waals surface area contributed by atoms with Crippen molar-refractivity contribution in [3.63, 3.8) is 0 Å². The molecule has 0 aliphatic rings. The Morgan fingerprint density at radius 1 is 1.00 bits per heavy atom. The molecule has 1 aromatic heterocycles. The summed E-state index contributed by atoms with van der Waals surface area (Å²) < 4.78 is 31.7. The van der Waals surface area contributed by atoms with E-state index in [1.807, 2.05) is 0 Å². The van der Waals surface area contributed by atoms with Crippen LogP contribution in [0.5, 0.6) is 5.75 Å². The lowest BCUT2D eigenvalue weighted by molar-refractivity contribution is -0.123. The van der Waals surface area contributed by atoms with Gasteiger partial charge in [0.2, 0.25) is 0 Å². The van der Waals surface area contributed by atoms with Crippen LogP contribution in [0.2, 0.25) is 10.0 Å². The summed E-state index contributed by atoms with van der Waals surface area (Å²) in [4.78, 5) is 13.0. The van der Waals surface area contributed by atoms with Gasteiger partial charge in [-0.3, -0.25) is 4.79 Å². The Bertz CT molecular complexity index is 1050. The fourth-order valence-electron chi connectivity index (χ4n) is 2.56. The lowest BCUT2D eigenvalue weighted by Gasteiger charge is -2.17. The first-order valence-electron chi connectivity index (χ1n) is 8.54. The van der Waals surface area contributed by atoms with Gasteiger partial charge >= 0.3 is 0 Å². The molecule has 1 amide bonds. The maximum Gasteiger partial charge on any atom is 0.257 e. The number of thiophene rings is 1. The summed E-state index contributed by atoms with van der Waals surface area (Å²) in [5, 5.41) is 4.55. The van der Waals surface area contributed by atoms with Gasteiger partial charge in [-0.1, -0.05) is 29.3 Å². The number of sulfone groups is 1. The summed E-state index contributed by atoms with van der Waals surface area (Å²) in [5.41, 5.74) is 0. The van der Waals surface area contributed by atoms with Crippen LogP contribution in [-0.4, -0.2) is 27.5 Å². The van der Waals surface area contributed by atoms with Crippen molar-refractivity contribution >= 4 is 50.3 Å². The van der Waals surface area contributed by atoms with Crippen molar-refractivity contribution in [1.29, 1.82) is 0 Å². The normalized spacial score (nSPS) is 12.3. The maximum absolute atomic E-state index is 13.1. The van der Waals surface area contributed by atoms with E-state index >= 15 is 0 Å². The van der Waals surface area contributed by atoms with E-state index < -0.39 is 21.0 Å². The number of halogens is 2. The van der Waals surface area contributed by atoms with Crippen molar-refractivity contribution in [1.82, 2.24) is 5.32 Å². The number of amides is 1. The maximum atomic E-state index is 13.1. The van der Waals surface area contributed by atoms with Gasteiger partial charge in [0.1, 0.15) is 11.0 Å². The highest BCUT2D eigenvalue weighted by Crippen LogP contribution is 2.31. The molecule has 0 saturated carbocycles. The van der Waals surface area contributed by atoms with E-state index in [2.05, 4.69) is 5.32 Å². The summed E-state index contributed by atoms with van der Waals surface area (Å²) in [5.74, 6) is 0.0703. The van der Waals surface area contributed by atoms with Crippen LogP contribution in [-0.2, 0) is 14.6 Å². The first-order chi connectivity index (χ1) is 13.9. The van der Waals surface area contributed by atoms with E-state index in [9.17, 15) is 13.2 Å². The number of ether oxygens (including phenoxy) is 1. The zero-order valence-electron chi connectivity index (χ0n) is 15.0. The third-order valence-electron chi connectivity index (χ3n) is 4.05. The van der Waals surface area contributed by atoms with Crippen molar-refractivity contribution in [2.75, 3.05) is 13.2 Å². The summed E-state index contributed by atoms with van der Waals surface area (Å²) in [7, 11) is -3.73. The highest BCUT2D eigenvalue weighted by Gasteiger charge is 2.30. The van der Waals surface area contributed by atoms with E-state index in [0.717, 1.165) is 0 Å².